The van der Waals surface area contributed by atoms with Crippen molar-refractivity contribution >= 4 is 22.6 Å². The lowest BCUT2D eigenvalue weighted by Gasteiger charge is -2.47. The fraction of sp³-hybridized carbons (Fsp3) is 0.533. The molecule has 57 heavy (non-hydrogen) atoms. The number of piperidine rings is 1. The van der Waals surface area contributed by atoms with Crippen LogP contribution in [0, 0.1) is 0 Å². The summed E-state index contributed by atoms with van der Waals surface area (Å²) in [5.74, 6) is 1.14. The molecule has 12 nitrogen and oxygen atoms in total. The number of carbonyl (C=O) groups is 1. The van der Waals surface area contributed by atoms with Crippen molar-refractivity contribution in [2.24, 2.45) is 0 Å². The minimum Gasteiger partial charge on any atom is -0.506 e. The number of aromatic amines is 1. The Morgan fingerprint density at radius 1 is 1.05 bits per heavy atom. The highest BCUT2D eigenvalue weighted by molar-refractivity contribution is 5.87. The number of aliphatic hydroxyl groups excluding tert-OH is 1. The Labute approximate surface area is 336 Å². The second kappa shape index (κ2) is 19.4. The van der Waals surface area contributed by atoms with Crippen LogP contribution in [0.25, 0.3) is 10.9 Å². The van der Waals surface area contributed by atoms with Crippen LogP contribution in [0.5, 0.6) is 5.75 Å². The number of aromatic nitrogens is 2. The number of benzene rings is 2. The summed E-state index contributed by atoms with van der Waals surface area (Å²) in [5, 5.41) is 25.0. The quantitative estimate of drug-likeness (QED) is 0.107. The highest BCUT2D eigenvalue weighted by atomic mass is 16.5. The first-order valence-electron chi connectivity index (χ1n) is 21.0. The Balaban J connectivity index is 0.819. The molecule has 0 bridgehead atoms. The Morgan fingerprint density at radius 3 is 2.70 bits per heavy atom. The molecule has 306 valence electrons. The van der Waals surface area contributed by atoms with Crippen molar-refractivity contribution in [3.05, 3.63) is 99.5 Å². The number of nitrogens with one attached hydrogen (secondary N) is 2. The van der Waals surface area contributed by atoms with Crippen LogP contribution >= 0.6 is 0 Å². The number of fused-ring (bicyclic) bond motifs is 1. The van der Waals surface area contributed by atoms with E-state index in [1.54, 1.807) is 12.1 Å². The van der Waals surface area contributed by atoms with Gasteiger partial charge in [-0.3, -0.25) is 14.5 Å². The van der Waals surface area contributed by atoms with Gasteiger partial charge in [0, 0.05) is 76.0 Å². The maximum absolute atomic E-state index is 13.5. The van der Waals surface area contributed by atoms with E-state index in [0.717, 1.165) is 96.5 Å². The monoisotopic (exact) mass is 780 g/mol. The average molecular weight is 781 g/mol. The number of likely N-dealkylation sites (tertiary alicyclic amines) is 1. The summed E-state index contributed by atoms with van der Waals surface area (Å²) < 4.78 is 12.5. The van der Waals surface area contributed by atoms with Crippen molar-refractivity contribution in [3.8, 4) is 5.75 Å². The van der Waals surface area contributed by atoms with Crippen LogP contribution in [-0.4, -0.2) is 113 Å². The van der Waals surface area contributed by atoms with Crippen molar-refractivity contribution in [3.63, 3.8) is 0 Å². The van der Waals surface area contributed by atoms with Crippen molar-refractivity contribution in [1.29, 1.82) is 0 Å². The standard InChI is InChI=1S/C45H60N6O6/c1-2-33-14-19-47-41(29-33)50-24-27-57-45(32-50)17-21-49(22-18-45)31-35-7-5-6-34(28-35)15-25-56-26-16-43(55)51(36-8-3-4-9-36)23-20-46-30-40(53)37-10-12-39(52)44-38(37)11-13-42(54)48-44/h5-7,10-14,19,28-29,36,40,46,52-53H,2-4,8-9,15-18,20-27,30-32H2,1H3,(H,48,54). The number of anilines is 1. The second-order valence-electron chi connectivity index (χ2n) is 16.1. The van der Waals surface area contributed by atoms with Gasteiger partial charge in [-0.15, -0.1) is 0 Å². The Morgan fingerprint density at radius 2 is 1.88 bits per heavy atom. The van der Waals surface area contributed by atoms with E-state index >= 15 is 0 Å². The number of pyridine rings is 2. The van der Waals surface area contributed by atoms with Crippen molar-refractivity contribution in [2.45, 2.75) is 89.0 Å². The molecule has 2 aromatic heterocycles. The van der Waals surface area contributed by atoms with Gasteiger partial charge in [0.15, 0.2) is 0 Å². The first-order valence-corrected chi connectivity index (χ1v) is 21.0. The smallest absolute Gasteiger partial charge is 0.248 e. The van der Waals surface area contributed by atoms with E-state index < -0.39 is 6.10 Å². The van der Waals surface area contributed by atoms with E-state index in [4.69, 9.17) is 9.47 Å². The molecule has 2 aliphatic heterocycles. The van der Waals surface area contributed by atoms with Gasteiger partial charge >= 0.3 is 0 Å². The topological polar surface area (TPSA) is 143 Å². The predicted molar refractivity (Wildman–Crippen MR) is 223 cm³/mol. The number of aromatic hydroxyl groups is 1. The number of aliphatic hydroxyl groups is 1. The molecule has 4 heterocycles. The molecule has 1 aliphatic carbocycles. The predicted octanol–water partition coefficient (Wildman–Crippen LogP) is 5.11. The van der Waals surface area contributed by atoms with Gasteiger partial charge in [-0.1, -0.05) is 50.1 Å². The molecular weight excluding hydrogens is 721 g/mol. The van der Waals surface area contributed by atoms with Gasteiger partial charge in [0.2, 0.25) is 11.5 Å². The number of aryl methyl sites for hydroxylation is 1. The minimum absolute atomic E-state index is 0.0389. The van der Waals surface area contributed by atoms with Gasteiger partial charge in [0.05, 0.1) is 43.5 Å². The number of amides is 1. The fourth-order valence-electron chi connectivity index (χ4n) is 8.88. The van der Waals surface area contributed by atoms with Crippen LogP contribution in [0.1, 0.15) is 80.2 Å². The second-order valence-corrected chi connectivity index (χ2v) is 16.1. The van der Waals surface area contributed by atoms with E-state index in [0.29, 0.717) is 49.2 Å². The molecule has 1 unspecified atom stereocenters. The van der Waals surface area contributed by atoms with Crippen LogP contribution in [0.15, 0.2) is 71.7 Å². The fourth-order valence-corrected chi connectivity index (χ4v) is 8.88. The molecule has 1 spiro atoms. The third kappa shape index (κ3) is 10.6. The lowest BCUT2D eigenvalue weighted by Crippen LogP contribution is -2.57. The number of hydrogen-bond acceptors (Lipinski definition) is 10. The lowest BCUT2D eigenvalue weighted by molar-refractivity contribution is -0.134. The largest absolute Gasteiger partial charge is 0.506 e. The van der Waals surface area contributed by atoms with Gasteiger partial charge < -0.3 is 39.8 Å². The van der Waals surface area contributed by atoms with Gasteiger partial charge in [0.25, 0.3) is 0 Å². The minimum atomic E-state index is -0.850. The Hall–Kier alpha value is -4.33. The number of nitrogens with zero attached hydrogens (tertiary/aromatic N) is 4. The zero-order valence-electron chi connectivity index (χ0n) is 33.5. The van der Waals surface area contributed by atoms with E-state index in [-0.39, 0.29) is 35.4 Å². The summed E-state index contributed by atoms with van der Waals surface area (Å²) in [4.78, 5) is 39.5. The maximum atomic E-state index is 13.5. The molecule has 2 aromatic carbocycles. The highest BCUT2D eigenvalue weighted by Crippen LogP contribution is 2.33. The number of phenols is 1. The van der Waals surface area contributed by atoms with Crippen LogP contribution in [0.4, 0.5) is 5.82 Å². The van der Waals surface area contributed by atoms with Gasteiger partial charge in [-0.05, 0) is 85.0 Å². The third-order valence-electron chi connectivity index (χ3n) is 12.2. The average Bonchev–Trinajstić information content (AvgIpc) is 3.77. The molecule has 2 saturated heterocycles. The van der Waals surface area contributed by atoms with Crippen molar-refractivity contribution < 1.29 is 24.5 Å². The van der Waals surface area contributed by atoms with E-state index in [1.807, 2.05) is 11.1 Å². The molecule has 3 aliphatic rings. The number of H-pyrrole nitrogens is 1. The van der Waals surface area contributed by atoms with Crippen LogP contribution in [0.3, 0.4) is 0 Å². The Bertz CT molecular complexity index is 1990. The van der Waals surface area contributed by atoms with Gasteiger partial charge in [-0.25, -0.2) is 4.98 Å². The van der Waals surface area contributed by atoms with Crippen molar-refractivity contribution in [2.75, 3.05) is 70.5 Å². The first kappa shape index (κ1) is 40.9. The summed E-state index contributed by atoms with van der Waals surface area (Å²) in [6.07, 6.45) is 9.56. The molecule has 1 saturated carbocycles. The van der Waals surface area contributed by atoms with E-state index in [1.165, 1.54) is 28.8 Å². The summed E-state index contributed by atoms with van der Waals surface area (Å²) in [6.45, 7) is 9.98. The van der Waals surface area contributed by atoms with Crippen LogP contribution < -0.4 is 15.8 Å². The molecule has 1 amide bonds. The third-order valence-corrected chi connectivity index (χ3v) is 12.2. The van der Waals surface area contributed by atoms with Crippen molar-refractivity contribution in [1.82, 2.24) is 25.1 Å². The highest BCUT2D eigenvalue weighted by Gasteiger charge is 2.40. The summed E-state index contributed by atoms with van der Waals surface area (Å²) >= 11 is 0. The molecule has 4 aromatic rings. The summed E-state index contributed by atoms with van der Waals surface area (Å²) in [7, 11) is 0. The molecule has 7 rings (SSSR count). The lowest BCUT2D eigenvalue weighted by atomic mass is 9.89. The number of carbonyl (C=O) groups excluding carboxylic acids is 1. The van der Waals surface area contributed by atoms with Crippen LogP contribution in [0.2, 0.25) is 0 Å². The molecule has 12 heteroatoms. The zero-order chi connectivity index (χ0) is 39.6. The molecular formula is C45H60N6O6. The summed E-state index contributed by atoms with van der Waals surface area (Å²) in [6, 6.07) is 19.5. The van der Waals surface area contributed by atoms with Gasteiger partial charge in [0.1, 0.15) is 11.6 Å². The number of rotatable bonds is 17. The zero-order valence-corrected chi connectivity index (χ0v) is 33.5. The van der Waals surface area contributed by atoms with Crippen LogP contribution in [-0.2, 0) is 33.7 Å². The molecule has 3 fully saturated rings. The van der Waals surface area contributed by atoms with E-state index in [2.05, 4.69) is 68.4 Å². The Kier molecular flexibility index (Phi) is 13.9. The van der Waals surface area contributed by atoms with Gasteiger partial charge in [-0.2, -0.15) is 0 Å². The first-order chi connectivity index (χ1) is 27.8. The SMILES string of the molecule is CCc1ccnc(N2CCOC3(CCN(Cc4cccc(CCOCCC(=O)N(CCNCC(O)c5ccc(O)c6[nH]c(=O)ccc56)C5CCCC5)c4)CC3)C2)c1. The molecule has 4 N–H and O–H groups in total. The molecule has 0 radical (unpaired) electrons. The van der Waals surface area contributed by atoms with E-state index in [9.17, 15) is 19.8 Å². The molecule has 1 atom stereocenters. The maximum Gasteiger partial charge on any atom is 0.248 e. The summed E-state index contributed by atoms with van der Waals surface area (Å²) in [5.41, 5.74) is 4.38. The number of phenolic OH excluding ortho intramolecular Hbond substituents is 1. The number of hydrogen-bond donors (Lipinski definition) is 4. The number of ether oxygens (including phenoxy) is 2. The normalized spacial score (nSPS) is 18.0. The number of morpholine rings is 1.